The Balaban J connectivity index is 1.32. The second-order valence-corrected chi connectivity index (χ2v) is 10.2. The van der Waals surface area contributed by atoms with Gasteiger partial charge in [0.15, 0.2) is 0 Å². The molecule has 0 saturated heterocycles. The first-order chi connectivity index (χ1) is 15.6. The fourth-order valence-electron chi connectivity index (χ4n) is 3.13. The van der Waals surface area contributed by atoms with E-state index in [0.29, 0.717) is 0 Å². The van der Waals surface area contributed by atoms with Crippen LogP contribution >= 0.6 is 34.4 Å². The third kappa shape index (κ3) is 5.82. The molecule has 1 amide bonds. The summed E-state index contributed by atoms with van der Waals surface area (Å²) >= 11 is 4.68. The van der Waals surface area contributed by atoms with Crippen LogP contribution in [0, 0.1) is 6.92 Å². The highest BCUT2D eigenvalue weighted by Gasteiger charge is 2.14. The fraction of sp³-hybridized carbons (Fsp3) is 0.250. The van der Waals surface area contributed by atoms with E-state index >= 15 is 0 Å². The van der Waals surface area contributed by atoms with E-state index in [9.17, 15) is 4.79 Å². The maximum absolute atomic E-state index is 12.3. The van der Waals surface area contributed by atoms with Gasteiger partial charge in [-0.25, -0.2) is 4.98 Å². The molecule has 0 atom stereocenters. The van der Waals surface area contributed by atoms with E-state index in [1.54, 1.807) is 22.7 Å². The minimum absolute atomic E-state index is 0.0546. The lowest BCUT2D eigenvalue weighted by atomic mass is 10.1. The molecule has 4 rings (SSSR count). The van der Waals surface area contributed by atoms with E-state index in [1.807, 2.05) is 37.3 Å². The van der Waals surface area contributed by atoms with Crippen LogP contribution in [-0.4, -0.2) is 26.8 Å². The zero-order valence-corrected chi connectivity index (χ0v) is 20.4. The van der Waals surface area contributed by atoms with Crippen molar-refractivity contribution in [3.63, 3.8) is 0 Å². The molecule has 0 saturated carbocycles. The Kier molecular flexibility index (Phi) is 7.68. The van der Waals surface area contributed by atoms with Gasteiger partial charge in [-0.3, -0.25) is 4.79 Å². The van der Waals surface area contributed by atoms with Gasteiger partial charge >= 0.3 is 0 Å². The molecule has 1 N–H and O–H groups in total. The molecule has 164 valence electrons. The number of aromatic nitrogens is 3. The number of carbonyl (C=O) groups excluding carboxylic acids is 1. The number of hydrogen-bond donors (Lipinski definition) is 1. The van der Waals surface area contributed by atoms with Crippen molar-refractivity contribution in [2.24, 2.45) is 0 Å². The number of amides is 1. The highest BCUT2D eigenvalue weighted by molar-refractivity contribution is 7.99. The number of nitrogens with one attached hydrogen (secondary N) is 1. The maximum Gasteiger partial charge on any atom is 0.234 e. The monoisotopic (exact) mass is 480 g/mol. The molecular weight excluding hydrogens is 456 g/mol. The first kappa shape index (κ1) is 22.6. The molecule has 0 aliphatic heterocycles. The van der Waals surface area contributed by atoms with Crippen molar-refractivity contribution in [3.8, 4) is 20.5 Å². The first-order valence-electron chi connectivity index (χ1n) is 10.5. The lowest BCUT2D eigenvalue weighted by Crippen LogP contribution is -2.14. The number of thiophene rings is 1. The molecule has 0 radical (unpaired) electrons. The number of benzene rings is 1. The van der Waals surface area contributed by atoms with Crippen molar-refractivity contribution in [1.29, 1.82) is 0 Å². The van der Waals surface area contributed by atoms with E-state index in [-0.39, 0.29) is 11.7 Å². The molecule has 3 aromatic heterocycles. The number of thiazole rings is 1. The zero-order valence-electron chi connectivity index (χ0n) is 18.0. The summed E-state index contributed by atoms with van der Waals surface area (Å²) in [6, 6.07) is 16.0. The highest BCUT2D eigenvalue weighted by atomic mass is 32.2. The number of anilines is 1. The number of carbonyl (C=O) groups is 1. The van der Waals surface area contributed by atoms with Crippen molar-refractivity contribution in [3.05, 3.63) is 65.2 Å². The van der Waals surface area contributed by atoms with Gasteiger partial charge in [-0.15, -0.1) is 32.9 Å². The number of hydrogen-bond acceptors (Lipinski definition) is 7. The van der Waals surface area contributed by atoms with Crippen LogP contribution in [0.15, 0.2) is 58.9 Å². The number of rotatable bonds is 9. The summed E-state index contributed by atoms with van der Waals surface area (Å²) < 4.78 is 0. The van der Waals surface area contributed by atoms with Crippen molar-refractivity contribution in [2.45, 2.75) is 38.1 Å². The molecule has 0 spiro atoms. The molecule has 32 heavy (non-hydrogen) atoms. The minimum Gasteiger partial charge on any atom is -0.325 e. The van der Waals surface area contributed by atoms with Gasteiger partial charge in [0.25, 0.3) is 0 Å². The van der Waals surface area contributed by atoms with Crippen molar-refractivity contribution >= 4 is 46.0 Å². The van der Waals surface area contributed by atoms with Gasteiger partial charge < -0.3 is 5.32 Å². The van der Waals surface area contributed by atoms with Gasteiger partial charge in [-0.1, -0.05) is 43.3 Å². The molecule has 0 aliphatic carbocycles. The van der Waals surface area contributed by atoms with Crippen LogP contribution in [0.25, 0.3) is 20.5 Å². The first-order valence-corrected chi connectivity index (χ1v) is 13.2. The van der Waals surface area contributed by atoms with Crippen LogP contribution in [0.4, 0.5) is 5.69 Å². The van der Waals surface area contributed by atoms with E-state index in [2.05, 4.69) is 51.0 Å². The Morgan fingerprint density at radius 3 is 2.62 bits per heavy atom. The van der Waals surface area contributed by atoms with Gasteiger partial charge in [0.2, 0.25) is 5.91 Å². The van der Waals surface area contributed by atoms with Crippen molar-refractivity contribution in [1.82, 2.24) is 15.2 Å². The van der Waals surface area contributed by atoms with E-state index < -0.39 is 0 Å². The largest absolute Gasteiger partial charge is 0.325 e. The second kappa shape index (κ2) is 10.8. The van der Waals surface area contributed by atoms with Gasteiger partial charge in [-0.05, 0) is 61.0 Å². The number of nitrogens with zero attached hydrogens (tertiary/aromatic N) is 3. The summed E-state index contributed by atoms with van der Waals surface area (Å²) in [7, 11) is 0. The van der Waals surface area contributed by atoms with Crippen LogP contribution in [0.5, 0.6) is 0 Å². The van der Waals surface area contributed by atoms with Crippen molar-refractivity contribution < 1.29 is 4.79 Å². The Labute approximate surface area is 200 Å². The quantitative estimate of drug-likeness (QED) is 0.270. The normalized spacial score (nSPS) is 10.9. The molecule has 3 heterocycles. The SMILES string of the molecule is CCCCc1ccc(NC(=O)CSc2ccc(-c3sc(-c4cccs4)nc3C)nn2)cc1. The lowest BCUT2D eigenvalue weighted by Gasteiger charge is -2.06. The molecule has 0 fully saturated rings. The molecule has 0 unspecified atom stereocenters. The molecule has 1 aromatic carbocycles. The summed E-state index contributed by atoms with van der Waals surface area (Å²) in [5.74, 6) is 0.231. The zero-order chi connectivity index (χ0) is 22.3. The Morgan fingerprint density at radius 1 is 1.09 bits per heavy atom. The van der Waals surface area contributed by atoms with Gasteiger partial charge in [-0.2, -0.15) is 0 Å². The molecule has 5 nitrogen and oxygen atoms in total. The lowest BCUT2D eigenvalue weighted by molar-refractivity contribution is -0.113. The average molecular weight is 481 g/mol. The molecule has 4 aromatic rings. The Hall–Kier alpha value is -2.55. The standard InChI is InChI=1S/C24H24N4OS3/c1-3-4-6-17-8-10-18(11-9-17)26-21(29)15-31-22-13-12-19(27-28-22)23-16(2)25-24(32-23)20-7-5-14-30-20/h5,7-14H,3-4,6,15H2,1-2H3,(H,26,29). The molecule has 0 aliphatic rings. The summed E-state index contributed by atoms with van der Waals surface area (Å²) in [4.78, 5) is 19.2. The molecule has 0 bridgehead atoms. The smallest absolute Gasteiger partial charge is 0.234 e. The topological polar surface area (TPSA) is 67.8 Å². The Bertz CT molecular complexity index is 1150. The van der Waals surface area contributed by atoms with Gasteiger partial charge in [0, 0.05) is 5.69 Å². The predicted octanol–water partition coefficient (Wildman–Crippen LogP) is 6.71. The number of unbranched alkanes of at least 4 members (excludes halogenated alkanes) is 1. The third-order valence-electron chi connectivity index (χ3n) is 4.81. The highest BCUT2D eigenvalue weighted by Crippen LogP contribution is 2.36. The second-order valence-electron chi connectivity index (χ2n) is 7.30. The third-order valence-corrected chi connectivity index (χ3v) is 7.95. The van der Waals surface area contributed by atoms with E-state index in [0.717, 1.165) is 43.3 Å². The summed E-state index contributed by atoms with van der Waals surface area (Å²) in [5, 5.41) is 15.4. The number of aryl methyl sites for hydroxylation is 2. The fourth-order valence-corrected chi connectivity index (χ4v) is 5.57. The van der Waals surface area contributed by atoms with Crippen LogP contribution in [0.3, 0.4) is 0 Å². The summed E-state index contributed by atoms with van der Waals surface area (Å²) in [5.41, 5.74) is 3.88. The van der Waals surface area contributed by atoms with Gasteiger partial charge in [0.1, 0.15) is 15.7 Å². The van der Waals surface area contributed by atoms with E-state index in [4.69, 9.17) is 0 Å². The Morgan fingerprint density at radius 2 is 1.94 bits per heavy atom. The summed E-state index contributed by atoms with van der Waals surface area (Å²) in [6.07, 6.45) is 3.44. The number of thioether (sulfide) groups is 1. The molecular formula is C24H24N4OS3. The molecule has 8 heteroatoms. The van der Waals surface area contributed by atoms with Crippen molar-refractivity contribution in [2.75, 3.05) is 11.1 Å². The minimum atomic E-state index is -0.0546. The van der Waals surface area contributed by atoms with Crippen LogP contribution in [0.2, 0.25) is 0 Å². The van der Waals surface area contributed by atoms with Gasteiger partial charge in [0.05, 0.1) is 21.2 Å². The van der Waals surface area contributed by atoms with E-state index in [1.165, 1.54) is 30.2 Å². The van der Waals surface area contributed by atoms with Crippen LogP contribution in [-0.2, 0) is 11.2 Å². The van der Waals surface area contributed by atoms with Crippen LogP contribution in [0.1, 0.15) is 31.0 Å². The maximum atomic E-state index is 12.3. The predicted molar refractivity (Wildman–Crippen MR) is 136 cm³/mol. The van der Waals surface area contributed by atoms with Crippen LogP contribution < -0.4 is 5.32 Å². The summed E-state index contributed by atoms with van der Waals surface area (Å²) in [6.45, 7) is 4.18. The average Bonchev–Trinajstić information content (AvgIpc) is 3.48.